The van der Waals surface area contributed by atoms with E-state index in [4.69, 9.17) is 14.7 Å². The van der Waals surface area contributed by atoms with Gasteiger partial charge >= 0.3 is 0 Å². The maximum atomic E-state index is 5.64. The third-order valence-electron chi connectivity index (χ3n) is 1.95. The molecule has 0 spiro atoms. The van der Waals surface area contributed by atoms with Gasteiger partial charge in [-0.2, -0.15) is 4.98 Å². The molecule has 2 rings (SSSR count). The molecule has 0 aliphatic rings. The van der Waals surface area contributed by atoms with Crippen molar-refractivity contribution in [2.45, 2.75) is 26.3 Å². The molecular weight excluding hydrogens is 194 g/mol. The molecule has 1 atom stereocenters. The number of nitrogens with two attached hydrogens (primary N) is 1. The summed E-state index contributed by atoms with van der Waals surface area (Å²) in [4.78, 5) is 4.22. The molecule has 2 aromatic rings. The molecule has 0 aliphatic heterocycles. The maximum Gasteiger partial charge on any atom is 0.261 e. The van der Waals surface area contributed by atoms with E-state index in [1.165, 1.54) is 0 Å². The van der Waals surface area contributed by atoms with E-state index in [1.807, 2.05) is 19.9 Å². The Morgan fingerprint density at radius 2 is 2.33 bits per heavy atom. The SMILES string of the molecule is Cc1cc(-c2nc(CC(C)N)no2)co1. The number of furan rings is 1. The van der Waals surface area contributed by atoms with Crippen LogP contribution < -0.4 is 5.73 Å². The van der Waals surface area contributed by atoms with Crippen LogP contribution in [0.3, 0.4) is 0 Å². The van der Waals surface area contributed by atoms with E-state index >= 15 is 0 Å². The summed E-state index contributed by atoms with van der Waals surface area (Å²) in [5.74, 6) is 1.92. The van der Waals surface area contributed by atoms with Crippen LogP contribution >= 0.6 is 0 Å². The Balaban J connectivity index is 2.20. The summed E-state index contributed by atoms with van der Waals surface area (Å²) in [6, 6.07) is 1.88. The van der Waals surface area contributed by atoms with Gasteiger partial charge in [0, 0.05) is 12.5 Å². The lowest BCUT2D eigenvalue weighted by molar-refractivity contribution is 0.419. The van der Waals surface area contributed by atoms with Crippen LogP contribution in [0.2, 0.25) is 0 Å². The van der Waals surface area contributed by atoms with Crippen LogP contribution in [0.25, 0.3) is 11.5 Å². The predicted molar refractivity (Wildman–Crippen MR) is 54.1 cm³/mol. The Labute approximate surface area is 87.3 Å². The van der Waals surface area contributed by atoms with Crippen molar-refractivity contribution in [3.63, 3.8) is 0 Å². The Hall–Kier alpha value is -1.62. The molecule has 1 unspecified atom stereocenters. The molecule has 2 aromatic heterocycles. The van der Waals surface area contributed by atoms with Gasteiger partial charge in [-0.1, -0.05) is 5.16 Å². The van der Waals surface area contributed by atoms with E-state index in [2.05, 4.69) is 10.1 Å². The second kappa shape index (κ2) is 3.86. The lowest BCUT2D eigenvalue weighted by Gasteiger charge is -1.96. The zero-order valence-electron chi connectivity index (χ0n) is 8.73. The molecule has 5 heteroatoms. The van der Waals surface area contributed by atoms with Crippen LogP contribution in [0, 0.1) is 6.92 Å². The molecule has 0 radical (unpaired) electrons. The molecule has 2 N–H and O–H groups in total. The van der Waals surface area contributed by atoms with Crippen molar-refractivity contribution in [1.82, 2.24) is 10.1 Å². The van der Waals surface area contributed by atoms with E-state index in [0.717, 1.165) is 11.3 Å². The van der Waals surface area contributed by atoms with Crippen LogP contribution in [0.1, 0.15) is 18.5 Å². The Morgan fingerprint density at radius 1 is 1.53 bits per heavy atom. The van der Waals surface area contributed by atoms with Crippen molar-refractivity contribution in [1.29, 1.82) is 0 Å². The van der Waals surface area contributed by atoms with Gasteiger partial charge in [0.15, 0.2) is 5.82 Å². The minimum atomic E-state index is 0.0292. The topological polar surface area (TPSA) is 78.1 Å². The highest BCUT2D eigenvalue weighted by atomic mass is 16.5. The molecule has 0 saturated heterocycles. The number of hydrogen-bond acceptors (Lipinski definition) is 5. The Morgan fingerprint density at radius 3 is 2.93 bits per heavy atom. The van der Waals surface area contributed by atoms with Crippen LogP contribution in [-0.2, 0) is 6.42 Å². The first-order valence-corrected chi connectivity index (χ1v) is 4.79. The number of hydrogen-bond donors (Lipinski definition) is 1. The van der Waals surface area contributed by atoms with Gasteiger partial charge in [0.2, 0.25) is 0 Å². The van der Waals surface area contributed by atoms with Gasteiger partial charge < -0.3 is 14.7 Å². The zero-order chi connectivity index (χ0) is 10.8. The molecule has 0 aliphatic carbocycles. The summed E-state index contributed by atoms with van der Waals surface area (Å²) in [6.45, 7) is 3.76. The summed E-state index contributed by atoms with van der Waals surface area (Å²) in [6.07, 6.45) is 2.21. The van der Waals surface area contributed by atoms with Gasteiger partial charge in [-0.15, -0.1) is 0 Å². The van der Waals surface area contributed by atoms with Gasteiger partial charge in [-0.3, -0.25) is 0 Å². The third kappa shape index (κ3) is 2.24. The van der Waals surface area contributed by atoms with Gasteiger partial charge in [0.05, 0.1) is 5.56 Å². The zero-order valence-corrected chi connectivity index (χ0v) is 8.73. The fourth-order valence-electron chi connectivity index (χ4n) is 1.30. The van der Waals surface area contributed by atoms with Gasteiger partial charge in [-0.05, 0) is 19.9 Å². The highest BCUT2D eigenvalue weighted by Gasteiger charge is 2.11. The van der Waals surface area contributed by atoms with E-state index < -0.39 is 0 Å². The Kier molecular flexibility index (Phi) is 2.55. The van der Waals surface area contributed by atoms with Crippen LogP contribution in [0.15, 0.2) is 21.3 Å². The largest absolute Gasteiger partial charge is 0.469 e. The minimum Gasteiger partial charge on any atom is -0.469 e. The molecule has 0 bridgehead atoms. The number of aryl methyl sites for hydroxylation is 1. The van der Waals surface area contributed by atoms with Gasteiger partial charge in [0.1, 0.15) is 12.0 Å². The lowest BCUT2D eigenvalue weighted by atomic mass is 10.2. The molecule has 0 amide bonds. The number of rotatable bonds is 3. The standard InChI is InChI=1S/C10H13N3O2/c1-6(11)3-9-12-10(15-13-9)8-4-7(2)14-5-8/h4-6H,3,11H2,1-2H3. The molecule has 0 aromatic carbocycles. The summed E-state index contributed by atoms with van der Waals surface area (Å²) >= 11 is 0. The summed E-state index contributed by atoms with van der Waals surface area (Å²) in [7, 11) is 0. The molecule has 15 heavy (non-hydrogen) atoms. The number of aromatic nitrogens is 2. The average molecular weight is 207 g/mol. The van der Waals surface area contributed by atoms with E-state index in [9.17, 15) is 0 Å². The first-order chi connectivity index (χ1) is 7.15. The molecule has 0 saturated carbocycles. The normalized spacial score (nSPS) is 13.0. The van der Waals surface area contributed by atoms with E-state index in [1.54, 1.807) is 6.26 Å². The van der Waals surface area contributed by atoms with Crippen molar-refractivity contribution in [3.05, 3.63) is 23.9 Å². The summed E-state index contributed by atoms with van der Waals surface area (Å²) in [5, 5.41) is 3.83. The predicted octanol–water partition coefficient (Wildman–Crippen LogP) is 1.53. The smallest absolute Gasteiger partial charge is 0.261 e. The van der Waals surface area contributed by atoms with Gasteiger partial charge in [0.25, 0.3) is 5.89 Å². The summed E-state index contributed by atoms with van der Waals surface area (Å²) < 4.78 is 10.2. The van der Waals surface area contributed by atoms with Crippen molar-refractivity contribution in [2.75, 3.05) is 0 Å². The van der Waals surface area contributed by atoms with Crippen LogP contribution in [0.5, 0.6) is 0 Å². The fourth-order valence-corrected chi connectivity index (χ4v) is 1.30. The lowest BCUT2D eigenvalue weighted by Crippen LogP contribution is -2.18. The first-order valence-electron chi connectivity index (χ1n) is 4.79. The van der Waals surface area contributed by atoms with Crippen molar-refractivity contribution in [3.8, 4) is 11.5 Å². The van der Waals surface area contributed by atoms with Crippen LogP contribution in [-0.4, -0.2) is 16.2 Å². The monoisotopic (exact) mass is 207 g/mol. The molecule has 0 fully saturated rings. The van der Waals surface area contributed by atoms with Gasteiger partial charge in [-0.25, -0.2) is 0 Å². The van der Waals surface area contributed by atoms with Crippen LogP contribution in [0.4, 0.5) is 0 Å². The average Bonchev–Trinajstić information content (AvgIpc) is 2.72. The highest BCUT2D eigenvalue weighted by molar-refractivity contribution is 5.51. The number of nitrogens with zero attached hydrogens (tertiary/aromatic N) is 2. The quantitative estimate of drug-likeness (QED) is 0.825. The van der Waals surface area contributed by atoms with E-state index in [0.29, 0.717) is 18.1 Å². The third-order valence-corrected chi connectivity index (χ3v) is 1.95. The van der Waals surface area contributed by atoms with E-state index in [-0.39, 0.29) is 6.04 Å². The molecule has 80 valence electrons. The second-order valence-electron chi connectivity index (χ2n) is 3.64. The molecular formula is C10H13N3O2. The summed E-state index contributed by atoms with van der Waals surface area (Å²) in [5.41, 5.74) is 6.44. The second-order valence-corrected chi connectivity index (χ2v) is 3.64. The Bertz CT molecular complexity index is 445. The maximum absolute atomic E-state index is 5.64. The molecule has 2 heterocycles. The van der Waals surface area contributed by atoms with Crippen molar-refractivity contribution in [2.24, 2.45) is 5.73 Å². The highest BCUT2D eigenvalue weighted by Crippen LogP contribution is 2.19. The fraction of sp³-hybridized carbons (Fsp3) is 0.400. The van der Waals surface area contributed by atoms with Crippen molar-refractivity contribution >= 4 is 0 Å². The first kappa shape index (κ1) is 9.92. The minimum absolute atomic E-state index is 0.0292. The van der Waals surface area contributed by atoms with Crippen molar-refractivity contribution < 1.29 is 8.94 Å². The molecule has 5 nitrogen and oxygen atoms in total.